The van der Waals surface area contributed by atoms with Crippen LogP contribution in [0.3, 0.4) is 0 Å². The fourth-order valence-electron chi connectivity index (χ4n) is 2.86. The maximum atomic E-state index is 8.97. The van der Waals surface area contributed by atoms with Crippen LogP contribution in [0.25, 0.3) is 0 Å². The molecule has 0 amide bonds. The van der Waals surface area contributed by atoms with Crippen molar-refractivity contribution < 1.29 is 5.11 Å². The smallest absolute Gasteiger partial charge is 0.0441 e. The lowest BCUT2D eigenvalue weighted by atomic mass is 9.80. The lowest BCUT2D eigenvalue weighted by molar-refractivity contribution is 0.255. The van der Waals surface area contributed by atoms with E-state index in [0.717, 1.165) is 18.3 Å². The molecule has 0 spiro atoms. The van der Waals surface area contributed by atoms with Crippen molar-refractivity contribution in [2.75, 3.05) is 13.7 Å². The van der Waals surface area contributed by atoms with Gasteiger partial charge >= 0.3 is 0 Å². The number of aliphatic hydroxyl groups is 1. The first kappa shape index (κ1) is 14.3. The van der Waals surface area contributed by atoms with Gasteiger partial charge in [0, 0.05) is 23.1 Å². The van der Waals surface area contributed by atoms with Crippen LogP contribution < -0.4 is 5.32 Å². The normalized spacial score (nSPS) is 37.3. The van der Waals surface area contributed by atoms with Crippen LogP contribution in [-0.4, -0.2) is 35.3 Å². The van der Waals surface area contributed by atoms with Crippen LogP contribution in [0.2, 0.25) is 0 Å². The lowest BCUT2D eigenvalue weighted by Crippen LogP contribution is -2.45. The van der Waals surface area contributed by atoms with Gasteiger partial charge in [0.2, 0.25) is 0 Å². The number of thioether (sulfide) groups is 1. The Labute approximate surface area is 105 Å². The third kappa shape index (κ3) is 3.94. The quantitative estimate of drug-likeness (QED) is 0.780. The summed E-state index contributed by atoms with van der Waals surface area (Å²) in [6, 6.07) is 0.643. The first-order valence-electron chi connectivity index (χ1n) is 6.52. The van der Waals surface area contributed by atoms with Crippen molar-refractivity contribution in [3.8, 4) is 0 Å². The molecule has 1 rings (SSSR count). The third-order valence-electron chi connectivity index (χ3n) is 3.68. The van der Waals surface area contributed by atoms with Gasteiger partial charge in [0.15, 0.2) is 0 Å². The molecule has 16 heavy (non-hydrogen) atoms. The SMILES string of the molecule is CNC1CC(C)CC(C)C1SC(C)CCO. The minimum Gasteiger partial charge on any atom is -0.396 e. The molecule has 2 N–H and O–H groups in total. The minimum absolute atomic E-state index is 0.315. The molecule has 3 heteroatoms. The summed E-state index contributed by atoms with van der Waals surface area (Å²) in [5, 5.41) is 13.7. The highest BCUT2D eigenvalue weighted by Crippen LogP contribution is 2.38. The molecule has 0 aromatic rings. The Bertz CT molecular complexity index is 200. The molecule has 1 saturated carbocycles. The summed E-state index contributed by atoms with van der Waals surface area (Å²) in [6.45, 7) is 7.29. The molecule has 0 aromatic carbocycles. The van der Waals surface area contributed by atoms with Crippen LogP contribution in [-0.2, 0) is 0 Å². The van der Waals surface area contributed by atoms with Gasteiger partial charge in [-0.05, 0) is 38.1 Å². The Morgan fingerprint density at radius 1 is 1.38 bits per heavy atom. The van der Waals surface area contributed by atoms with Crippen LogP contribution in [0.1, 0.15) is 40.0 Å². The van der Waals surface area contributed by atoms with E-state index >= 15 is 0 Å². The average Bonchev–Trinajstić information content (AvgIpc) is 2.22. The van der Waals surface area contributed by atoms with E-state index in [-0.39, 0.29) is 0 Å². The first-order valence-corrected chi connectivity index (χ1v) is 7.46. The zero-order chi connectivity index (χ0) is 12.1. The molecule has 0 saturated heterocycles. The predicted octanol–water partition coefficient (Wildman–Crippen LogP) is 2.51. The molecule has 96 valence electrons. The van der Waals surface area contributed by atoms with Gasteiger partial charge in [0.25, 0.3) is 0 Å². The van der Waals surface area contributed by atoms with Gasteiger partial charge in [-0.25, -0.2) is 0 Å². The Hall–Kier alpha value is 0.270. The summed E-state index contributed by atoms with van der Waals surface area (Å²) in [5.41, 5.74) is 0. The van der Waals surface area contributed by atoms with E-state index in [0.29, 0.717) is 23.1 Å². The van der Waals surface area contributed by atoms with Crippen molar-refractivity contribution in [1.29, 1.82) is 0 Å². The van der Waals surface area contributed by atoms with E-state index in [9.17, 15) is 0 Å². The summed E-state index contributed by atoms with van der Waals surface area (Å²) >= 11 is 2.07. The maximum Gasteiger partial charge on any atom is 0.0441 e. The summed E-state index contributed by atoms with van der Waals surface area (Å²) < 4.78 is 0. The monoisotopic (exact) mass is 245 g/mol. The second-order valence-electron chi connectivity index (χ2n) is 5.37. The lowest BCUT2D eigenvalue weighted by Gasteiger charge is -2.40. The molecular weight excluding hydrogens is 218 g/mol. The number of hydrogen-bond donors (Lipinski definition) is 2. The van der Waals surface area contributed by atoms with E-state index < -0.39 is 0 Å². The number of nitrogens with one attached hydrogen (secondary N) is 1. The molecule has 1 aliphatic carbocycles. The van der Waals surface area contributed by atoms with Crippen LogP contribution in [0.5, 0.6) is 0 Å². The summed E-state index contributed by atoms with van der Waals surface area (Å²) in [7, 11) is 2.08. The predicted molar refractivity (Wildman–Crippen MR) is 73.0 cm³/mol. The summed E-state index contributed by atoms with van der Waals surface area (Å²) in [4.78, 5) is 0. The van der Waals surface area contributed by atoms with Gasteiger partial charge in [-0.15, -0.1) is 0 Å². The minimum atomic E-state index is 0.315. The maximum absolute atomic E-state index is 8.97. The molecule has 5 unspecified atom stereocenters. The highest BCUT2D eigenvalue weighted by atomic mass is 32.2. The van der Waals surface area contributed by atoms with Crippen LogP contribution in [0.4, 0.5) is 0 Å². The van der Waals surface area contributed by atoms with Crippen molar-refractivity contribution in [3.05, 3.63) is 0 Å². The Morgan fingerprint density at radius 2 is 2.06 bits per heavy atom. The van der Waals surface area contributed by atoms with Crippen LogP contribution in [0, 0.1) is 11.8 Å². The standard InChI is InChI=1S/C13H27NOS/c1-9-7-10(2)13(12(8-9)14-4)16-11(3)5-6-15/h9-15H,5-8H2,1-4H3. The number of hydrogen-bond acceptors (Lipinski definition) is 3. The van der Waals surface area contributed by atoms with Crippen molar-refractivity contribution in [3.63, 3.8) is 0 Å². The van der Waals surface area contributed by atoms with E-state index in [1.54, 1.807) is 0 Å². The zero-order valence-electron chi connectivity index (χ0n) is 11.1. The first-order chi connectivity index (χ1) is 7.58. The molecule has 0 aromatic heterocycles. The fraction of sp³-hybridized carbons (Fsp3) is 1.00. The van der Waals surface area contributed by atoms with Crippen molar-refractivity contribution in [2.45, 2.75) is 56.6 Å². The highest BCUT2D eigenvalue weighted by molar-refractivity contribution is 8.00. The van der Waals surface area contributed by atoms with Gasteiger partial charge in [0.05, 0.1) is 0 Å². The fourth-order valence-corrected chi connectivity index (χ4v) is 4.45. The molecular formula is C13H27NOS. The number of aliphatic hydroxyl groups excluding tert-OH is 1. The van der Waals surface area contributed by atoms with E-state index in [4.69, 9.17) is 5.11 Å². The highest BCUT2D eigenvalue weighted by Gasteiger charge is 2.34. The van der Waals surface area contributed by atoms with E-state index in [1.165, 1.54) is 12.8 Å². The van der Waals surface area contributed by atoms with Gasteiger partial charge in [-0.3, -0.25) is 0 Å². The molecule has 0 radical (unpaired) electrons. The van der Waals surface area contributed by atoms with Crippen LogP contribution in [0.15, 0.2) is 0 Å². The Morgan fingerprint density at radius 3 is 2.62 bits per heavy atom. The molecule has 5 atom stereocenters. The third-order valence-corrected chi connectivity index (χ3v) is 5.49. The molecule has 0 aliphatic heterocycles. The summed E-state index contributed by atoms with van der Waals surface area (Å²) in [6.07, 6.45) is 3.56. The second kappa shape index (κ2) is 6.87. The molecule has 1 aliphatic rings. The van der Waals surface area contributed by atoms with Crippen molar-refractivity contribution in [1.82, 2.24) is 5.32 Å². The van der Waals surface area contributed by atoms with Gasteiger partial charge in [-0.2, -0.15) is 11.8 Å². The largest absolute Gasteiger partial charge is 0.396 e. The van der Waals surface area contributed by atoms with Gasteiger partial charge < -0.3 is 10.4 Å². The topological polar surface area (TPSA) is 32.3 Å². The number of rotatable bonds is 5. The van der Waals surface area contributed by atoms with Crippen molar-refractivity contribution in [2.24, 2.45) is 11.8 Å². The second-order valence-corrected chi connectivity index (χ2v) is 6.99. The van der Waals surface area contributed by atoms with E-state index in [1.807, 2.05) is 0 Å². The van der Waals surface area contributed by atoms with Gasteiger partial charge in [0.1, 0.15) is 0 Å². The van der Waals surface area contributed by atoms with Gasteiger partial charge in [-0.1, -0.05) is 20.8 Å². The Balaban J connectivity index is 2.53. The molecule has 0 heterocycles. The molecule has 2 nitrogen and oxygen atoms in total. The Kier molecular flexibility index (Phi) is 6.16. The van der Waals surface area contributed by atoms with Crippen LogP contribution >= 0.6 is 11.8 Å². The average molecular weight is 245 g/mol. The molecule has 1 fully saturated rings. The van der Waals surface area contributed by atoms with E-state index in [2.05, 4.69) is 44.9 Å². The molecule has 0 bridgehead atoms. The summed E-state index contributed by atoms with van der Waals surface area (Å²) in [5.74, 6) is 1.63. The zero-order valence-corrected chi connectivity index (χ0v) is 11.9. The van der Waals surface area contributed by atoms with Crippen molar-refractivity contribution >= 4 is 11.8 Å².